The summed E-state index contributed by atoms with van der Waals surface area (Å²) in [6.07, 6.45) is -2.37. The van der Waals surface area contributed by atoms with Crippen LogP contribution >= 0.6 is 12.2 Å². The van der Waals surface area contributed by atoms with Crippen LogP contribution in [0.15, 0.2) is 18.2 Å². The van der Waals surface area contributed by atoms with Crippen LogP contribution in [0.2, 0.25) is 0 Å². The molecule has 0 spiro atoms. The second-order valence-electron chi connectivity index (χ2n) is 5.10. The third-order valence-corrected chi connectivity index (χ3v) is 4.02. The summed E-state index contributed by atoms with van der Waals surface area (Å²) in [7, 11) is 0. The van der Waals surface area contributed by atoms with Gasteiger partial charge in [0.15, 0.2) is 0 Å². The molecule has 1 aromatic rings. The Labute approximate surface area is 121 Å². The van der Waals surface area contributed by atoms with Crippen molar-refractivity contribution < 1.29 is 13.2 Å². The van der Waals surface area contributed by atoms with E-state index in [1.165, 1.54) is 6.07 Å². The highest BCUT2D eigenvalue weighted by molar-refractivity contribution is 7.80. The Morgan fingerprint density at radius 2 is 2.15 bits per heavy atom. The molecule has 0 aromatic heterocycles. The van der Waals surface area contributed by atoms with Crippen molar-refractivity contribution in [2.75, 3.05) is 18.0 Å². The van der Waals surface area contributed by atoms with Crippen molar-refractivity contribution in [2.45, 2.75) is 25.9 Å². The van der Waals surface area contributed by atoms with E-state index in [9.17, 15) is 13.2 Å². The molecule has 6 heteroatoms. The van der Waals surface area contributed by atoms with Gasteiger partial charge in [-0.25, -0.2) is 0 Å². The van der Waals surface area contributed by atoms with Gasteiger partial charge in [-0.2, -0.15) is 13.2 Å². The predicted molar refractivity (Wildman–Crippen MR) is 77.9 cm³/mol. The highest BCUT2D eigenvalue weighted by Crippen LogP contribution is 2.36. The lowest BCUT2D eigenvalue weighted by Crippen LogP contribution is -2.22. The molecule has 1 aliphatic rings. The van der Waals surface area contributed by atoms with Crippen molar-refractivity contribution in [2.24, 2.45) is 11.7 Å². The van der Waals surface area contributed by atoms with Crippen LogP contribution in [0, 0.1) is 5.92 Å². The van der Waals surface area contributed by atoms with E-state index >= 15 is 0 Å². The molecule has 1 aromatic carbocycles. The van der Waals surface area contributed by atoms with Crippen LogP contribution < -0.4 is 10.6 Å². The minimum Gasteiger partial charge on any atom is -0.389 e. The van der Waals surface area contributed by atoms with Gasteiger partial charge in [-0.15, -0.1) is 0 Å². The Hall–Kier alpha value is -1.30. The largest absolute Gasteiger partial charge is 0.417 e. The lowest BCUT2D eigenvalue weighted by Gasteiger charge is -2.21. The first-order valence-corrected chi connectivity index (χ1v) is 6.99. The van der Waals surface area contributed by atoms with E-state index in [1.807, 2.05) is 4.90 Å². The second-order valence-corrected chi connectivity index (χ2v) is 5.54. The number of benzene rings is 1. The summed E-state index contributed by atoms with van der Waals surface area (Å²) in [5.74, 6) is 0.555. The number of nitrogens with zero attached hydrogens (tertiary/aromatic N) is 1. The maximum Gasteiger partial charge on any atom is 0.417 e. The standard InChI is InChI=1S/C14H17F3N2S/c1-2-9-5-6-19(8-9)10-3-4-11(13(18)20)12(7-10)14(15,16)17/h3-4,7,9H,2,5-6,8H2,1H3,(H2,18,20). The number of rotatable bonds is 3. The Balaban J connectivity index is 2.35. The number of alkyl halides is 3. The summed E-state index contributed by atoms with van der Waals surface area (Å²) in [5, 5.41) is 0. The fourth-order valence-corrected chi connectivity index (χ4v) is 2.76. The van der Waals surface area contributed by atoms with Gasteiger partial charge in [-0.05, 0) is 30.5 Å². The van der Waals surface area contributed by atoms with E-state index in [0.717, 1.165) is 32.0 Å². The van der Waals surface area contributed by atoms with Gasteiger partial charge in [0.1, 0.15) is 4.99 Å². The molecular weight excluding hydrogens is 285 g/mol. The monoisotopic (exact) mass is 302 g/mol. The van der Waals surface area contributed by atoms with Crippen molar-refractivity contribution in [1.29, 1.82) is 0 Å². The number of anilines is 1. The molecule has 1 saturated heterocycles. The Morgan fingerprint density at radius 1 is 1.45 bits per heavy atom. The van der Waals surface area contributed by atoms with E-state index in [-0.39, 0.29) is 10.6 Å². The number of hydrogen-bond donors (Lipinski definition) is 1. The highest BCUT2D eigenvalue weighted by Gasteiger charge is 2.35. The van der Waals surface area contributed by atoms with E-state index in [4.69, 9.17) is 18.0 Å². The van der Waals surface area contributed by atoms with E-state index in [1.54, 1.807) is 6.07 Å². The zero-order valence-electron chi connectivity index (χ0n) is 11.2. The van der Waals surface area contributed by atoms with Gasteiger partial charge in [-0.3, -0.25) is 0 Å². The molecule has 0 amide bonds. The molecule has 2 nitrogen and oxygen atoms in total. The number of halogens is 3. The van der Waals surface area contributed by atoms with Crippen LogP contribution in [0.1, 0.15) is 30.9 Å². The SMILES string of the molecule is CCC1CCN(c2ccc(C(N)=S)c(C(F)(F)F)c2)C1. The minimum absolute atomic E-state index is 0.109. The molecule has 0 aliphatic carbocycles. The van der Waals surface area contributed by atoms with Crippen LogP contribution in [0.3, 0.4) is 0 Å². The van der Waals surface area contributed by atoms with Crippen molar-refractivity contribution in [3.63, 3.8) is 0 Å². The fraction of sp³-hybridized carbons (Fsp3) is 0.500. The average molecular weight is 302 g/mol. The quantitative estimate of drug-likeness (QED) is 0.865. The lowest BCUT2D eigenvalue weighted by molar-refractivity contribution is -0.137. The maximum atomic E-state index is 13.1. The third kappa shape index (κ3) is 3.06. The van der Waals surface area contributed by atoms with Crippen molar-refractivity contribution >= 4 is 22.9 Å². The van der Waals surface area contributed by atoms with Gasteiger partial charge in [0.25, 0.3) is 0 Å². The number of nitrogens with two attached hydrogens (primary N) is 1. The van der Waals surface area contributed by atoms with Crippen molar-refractivity contribution in [1.82, 2.24) is 0 Å². The summed E-state index contributed by atoms with van der Waals surface area (Å²) in [4.78, 5) is 1.77. The molecule has 0 saturated carbocycles. The molecule has 1 fully saturated rings. The topological polar surface area (TPSA) is 29.3 Å². The maximum absolute atomic E-state index is 13.1. The van der Waals surface area contributed by atoms with Gasteiger partial charge < -0.3 is 10.6 Å². The van der Waals surface area contributed by atoms with Crippen LogP contribution in [0.5, 0.6) is 0 Å². The Kier molecular flexibility index (Phi) is 4.22. The van der Waals surface area contributed by atoms with Crippen molar-refractivity contribution in [3.8, 4) is 0 Å². The van der Waals surface area contributed by atoms with Gasteiger partial charge in [0, 0.05) is 24.3 Å². The zero-order valence-corrected chi connectivity index (χ0v) is 12.0. The molecule has 1 atom stereocenters. The summed E-state index contributed by atoms with van der Waals surface area (Å²) >= 11 is 4.70. The van der Waals surface area contributed by atoms with E-state index in [0.29, 0.717) is 11.6 Å². The van der Waals surface area contributed by atoms with Crippen LogP contribution in [-0.2, 0) is 6.18 Å². The third-order valence-electron chi connectivity index (χ3n) is 3.80. The van der Waals surface area contributed by atoms with E-state index in [2.05, 4.69) is 6.92 Å². The Morgan fingerprint density at radius 3 is 2.65 bits per heavy atom. The first-order valence-electron chi connectivity index (χ1n) is 6.59. The number of thiocarbonyl (C=S) groups is 1. The average Bonchev–Trinajstić information content (AvgIpc) is 2.85. The summed E-state index contributed by atoms with van der Waals surface area (Å²) in [6, 6.07) is 4.20. The zero-order chi connectivity index (χ0) is 14.9. The van der Waals surface area contributed by atoms with Gasteiger partial charge in [-0.1, -0.05) is 25.6 Å². The van der Waals surface area contributed by atoms with Crippen LogP contribution in [0.25, 0.3) is 0 Å². The molecule has 2 rings (SSSR count). The van der Waals surface area contributed by atoms with E-state index < -0.39 is 11.7 Å². The lowest BCUT2D eigenvalue weighted by atomic mass is 10.1. The normalized spacial score (nSPS) is 19.4. The second kappa shape index (κ2) is 5.60. The molecule has 20 heavy (non-hydrogen) atoms. The molecular formula is C14H17F3N2S. The molecule has 1 aliphatic heterocycles. The van der Waals surface area contributed by atoms with Gasteiger partial charge >= 0.3 is 6.18 Å². The van der Waals surface area contributed by atoms with Crippen molar-refractivity contribution in [3.05, 3.63) is 29.3 Å². The summed E-state index contributed by atoms with van der Waals surface area (Å²) < 4.78 is 39.3. The van der Waals surface area contributed by atoms with Gasteiger partial charge in [0.2, 0.25) is 0 Å². The predicted octanol–water partition coefficient (Wildman–Crippen LogP) is 3.58. The molecule has 110 valence electrons. The number of hydrogen-bond acceptors (Lipinski definition) is 2. The molecule has 1 heterocycles. The first kappa shape index (κ1) is 15.1. The molecule has 0 radical (unpaired) electrons. The molecule has 1 unspecified atom stereocenters. The Bertz CT molecular complexity index is 514. The summed E-state index contributed by atoms with van der Waals surface area (Å²) in [5.41, 5.74) is 5.11. The van der Waals surface area contributed by atoms with Crippen LogP contribution in [-0.4, -0.2) is 18.1 Å². The smallest absolute Gasteiger partial charge is 0.389 e. The van der Waals surface area contributed by atoms with Crippen LogP contribution in [0.4, 0.5) is 18.9 Å². The molecule has 0 bridgehead atoms. The fourth-order valence-electron chi connectivity index (χ4n) is 2.58. The minimum atomic E-state index is -4.45. The highest BCUT2D eigenvalue weighted by atomic mass is 32.1. The van der Waals surface area contributed by atoms with Gasteiger partial charge in [0.05, 0.1) is 5.56 Å². The summed E-state index contributed by atoms with van der Waals surface area (Å²) in [6.45, 7) is 3.70. The first-order chi connectivity index (χ1) is 9.32. The molecule has 2 N–H and O–H groups in total.